The Morgan fingerprint density at radius 3 is 2.33 bits per heavy atom. The summed E-state index contributed by atoms with van der Waals surface area (Å²) in [5.41, 5.74) is 0.821. The Balaban J connectivity index is 1.52. The molecule has 3 N–H and O–H groups in total. The van der Waals surface area contributed by atoms with Gasteiger partial charge < -0.3 is 25.1 Å². The van der Waals surface area contributed by atoms with E-state index in [0.29, 0.717) is 40.5 Å². The first-order valence-electron chi connectivity index (χ1n) is 15.2. The number of anilines is 2. The summed E-state index contributed by atoms with van der Waals surface area (Å²) in [5.74, 6) is -0.0163. The largest absolute Gasteiger partial charge is 0.457 e. The van der Waals surface area contributed by atoms with Crippen LogP contribution in [0.5, 0.6) is 0 Å². The number of non-ortho nitro benzene ring substituents is 1. The minimum absolute atomic E-state index is 0.0401. The maximum absolute atomic E-state index is 13.6. The van der Waals surface area contributed by atoms with Gasteiger partial charge >= 0.3 is 6.09 Å². The van der Waals surface area contributed by atoms with Crippen LogP contribution in [0, 0.1) is 10.1 Å². The second kappa shape index (κ2) is 16.4. The van der Waals surface area contributed by atoms with Gasteiger partial charge in [0, 0.05) is 40.6 Å². The Kier molecular flexibility index (Phi) is 12.1. The van der Waals surface area contributed by atoms with Crippen molar-refractivity contribution in [2.75, 3.05) is 22.6 Å². The molecule has 1 aromatic heterocycles. The molecule has 0 bridgehead atoms. The fraction of sp³-hybridized carbons (Fsp3) is 0.222. The molecule has 0 aliphatic carbocycles. The van der Waals surface area contributed by atoms with E-state index in [1.54, 1.807) is 81.4 Å². The number of nitrogens with one attached hydrogen (secondary N) is 3. The number of carbonyl (C=O) groups excluding carboxylic acids is 4. The second-order valence-corrected chi connectivity index (χ2v) is 12.7. The highest BCUT2D eigenvalue weighted by Crippen LogP contribution is 2.26. The molecule has 0 fully saturated rings. The van der Waals surface area contributed by atoms with Crippen molar-refractivity contribution in [3.05, 3.63) is 118 Å². The van der Waals surface area contributed by atoms with Gasteiger partial charge in [0.05, 0.1) is 10.6 Å². The number of nitro benzene ring substituents is 1. The molecule has 1 atom stereocenters. The van der Waals surface area contributed by atoms with E-state index >= 15 is 0 Å². The van der Waals surface area contributed by atoms with Gasteiger partial charge in [0.1, 0.15) is 23.2 Å². The molecule has 0 saturated carbocycles. The van der Waals surface area contributed by atoms with E-state index in [1.807, 2.05) is 6.26 Å². The van der Waals surface area contributed by atoms with Crippen LogP contribution in [0.1, 0.15) is 48.9 Å². The van der Waals surface area contributed by atoms with Crippen LogP contribution in [-0.4, -0.2) is 52.3 Å². The Hall–Kier alpha value is -5.69. The zero-order chi connectivity index (χ0) is 35.6. The molecule has 49 heavy (non-hydrogen) atoms. The number of benzene rings is 3. The number of ether oxygens (including phenoxy) is 1. The van der Waals surface area contributed by atoms with Crippen molar-refractivity contribution < 1.29 is 33.3 Å². The van der Waals surface area contributed by atoms with Crippen molar-refractivity contribution in [1.29, 1.82) is 0 Å². The van der Waals surface area contributed by atoms with Crippen molar-refractivity contribution in [2.45, 2.75) is 38.8 Å². The monoisotopic (exact) mass is 684 g/mol. The molecule has 0 spiro atoms. The lowest BCUT2D eigenvalue weighted by atomic mass is 10.0. The highest BCUT2D eigenvalue weighted by molar-refractivity contribution is 7.98. The molecule has 1 heterocycles. The molecule has 0 aliphatic heterocycles. The zero-order valence-electron chi connectivity index (χ0n) is 27.4. The van der Waals surface area contributed by atoms with Gasteiger partial charge in [-0.2, -0.15) is 11.8 Å². The smallest absolute Gasteiger partial charge is 0.408 e. The average Bonchev–Trinajstić information content (AvgIpc) is 3.55. The average molecular weight is 685 g/mol. The minimum atomic E-state index is -0.936. The first kappa shape index (κ1) is 36.2. The topological polar surface area (TPSA) is 170 Å². The van der Waals surface area contributed by atoms with Crippen molar-refractivity contribution >= 4 is 58.6 Å². The fourth-order valence-corrected chi connectivity index (χ4v) is 5.00. The summed E-state index contributed by atoms with van der Waals surface area (Å²) in [7, 11) is 0. The molecule has 13 heteroatoms. The summed E-state index contributed by atoms with van der Waals surface area (Å²) >= 11 is 1.51. The molecular weight excluding hydrogens is 648 g/mol. The van der Waals surface area contributed by atoms with Gasteiger partial charge in [-0.1, -0.05) is 30.3 Å². The van der Waals surface area contributed by atoms with E-state index in [0.717, 1.165) is 0 Å². The van der Waals surface area contributed by atoms with E-state index in [1.165, 1.54) is 48.2 Å². The number of nitro groups is 1. The van der Waals surface area contributed by atoms with Crippen LogP contribution in [0.15, 0.2) is 95.4 Å². The highest BCUT2D eigenvalue weighted by atomic mass is 32.2. The molecular formula is C36H36N4O8S. The van der Waals surface area contributed by atoms with Crippen molar-refractivity contribution in [1.82, 2.24) is 5.32 Å². The van der Waals surface area contributed by atoms with Crippen LogP contribution in [0.3, 0.4) is 0 Å². The van der Waals surface area contributed by atoms with Crippen molar-refractivity contribution in [3.63, 3.8) is 0 Å². The molecule has 254 valence electrons. The van der Waals surface area contributed by atoms with E-state index in [2.05, 4.69) is 16.0 Å². The van der Waals surface area contributed by atoms with Crippen LogP contribution in [0.2, 0.25) is 0 Å². The van der Waals surface area contributed by atoms with Gasteiger partial charge in [-0.3, -0.25) is 24.5 Å². The molecule has 12 nitrogen and oxygen atoms in total. The zero-order valence-corrected chi connectivity index (χ0v) is 28.2. The van der Waals surface area contributed by atoms with Gasteiger partial charge in [-0.25, -0.2) is 4.79 Å². The number of furan rings is 1. The number of alkyl carbamates (subject to hydrolysis) is 1. The molecule has 0 saturated heterocycles. The van der Waals surface area contributed by atoms with Crippen molar-refractivity contribution in [2.24, 2.45) is 0 Å². The first-order chi connectivity index (χ1) is 23.3. The Bertz CT molecular complexity index is 1850. The third kappa shape index (κ3) is 10.7. The number of rotatable bonds is 13. The Morgan fingerprint density at radius 1 is 0.959 bits per heavy atom. The predicted molar refractivity (Wildman–Crippen MR) is 190 cm³/mol. The molecule has 4 aromatic rings. The number of carbonyl (C=O) groups is 4. The van der Waals surface area contributed by atoms with Crippen LogP contribution < -0.4 is 16.0 Å². The third-order valence-corrected chi connectivity index (χ3v) is 7.48. The lowest BCUT2D eigenvalue weighted by Gasteiger charge is -2.23. The fourth-order valence-electron chi connectivity index (χ4n) is 4.52. The van der Waals surface area contributed by atoms with Crippen molar-refractivity contribution in [3.8, 4) is 11.3 Å². The van der Waals surface area contributed by atoms with Crippen LogP contribution >= 0.6 is 11.8 Å². The second-order valence-electron chi connectivity index (χ2n) is 11.8. The molecule has 0 unspecified atom stereocenters. The highest BCUT2D eigenvalue weighted by Gasteiger charge is 2.26. The number of hydrogen-bond acceptors (Lipinski definition) is 9. The summed E-state index contributed by atoms with van der Waals surface area (Å²) in [5, 5.41) is 19.0. The van der Waals surface area contributed by atoms with E-state index in [4.69, 9.17) is 9.15 Å². The molecule has 0 radical (unpaired) electrons. The number of amides is 3. The quantitative estimate of drug-likeness (QED) is 0.0565. The van der Waals surface area contributed by atoms with E-state index in [9.17, 15) is 29.3 Å². The number of ketones is 1. The van der Waals surface area contributed by atoms with Crippen LogP contribution in [-0.2, 0) is 14.3 Å². The molecule has 4 rings (SSSR count). The van der Waals surface area contributed by atoms with Gasteiger partial charge in [-0.15, -0.1) is 0 Å². The summed E-state index contributed by atoms with van der Waals surface area (Å²) in [6, 6.07) is 21.3. The molecule has 3 aromatic carbocycles. The van der Waals surface area contributed by atoms with Gasteiger partial charge in [0.2, 0.25) is 11.8 Å². The Labute approximate surface area is 287 Å². The Morgan fingerprint density at radius 2 is 1.67 bits per heavy atom. The van der Waals surface area contributed by atoms with Gasteiger partial charge in [-0.05, 0) is 87.7 Å². The lowest BCUT2D eigenvalue weighted by molar-refractivity contribution is -0.384. The van der Waals surface area contributed by atoms with Gasteiger partial charge in [0.15, 0.2) is 5.78 Å². The normalized spacial score (nSPS) is 11.8. The summed E-state index contributed by atoms with van der Waals surface area (Å²) < 4.78 is 11.1. The van der Waals surface area contributed by atoms with Crippen LogP contribution in [0.25, 0.3) is 17.4 Å². The summed E-state index contributed by atoms with van der Waals surface area (Å²) in [4.78, 5) is 62.8. The standard InChI is InChI=1S/C36H36N4O8S/c1-36(2,3)48-35(44)39-30(20-21-49-4)34(43)38-29-17-12-25(22-28(29)33(42)24-8-6-5-7-9-24)37-32(41)19-16-27-15-18-31(47-27)23-10-13-26(14-11-23)40(45)46/h5-19,22,30H,20-21H2,1-4H3,(H,37,41)(H,38,43)(H,39,44)/b19-16+/t30-/m0/s1. The summed E-state index contributed by atoms with van der Waals surface area (Å²) in [6.07, 6.45) is 4.18. The predicted octanol–water partition coefficient (Wildman–Crippen LogP) is 7.32. The molecule has 3 amide bonds. The number of thioether (sulfide) groups is 1. The molecule has 0 aliphatic rings. The minimum Gasteiger partial charge on any atom is -0.457 e. The SMILES string of the molecule is CSCC[C@H](NC(=O)OC(C)(C)C)C(=O)Nc1ccc(NC(=O)/C=C/c2ccc(-c3ccc([N+](=O)[O-])cc3)o2)cc1C(=O)c1ccccc1. The maximum atomic E-state index is 13.6. The van der Waals surface area contributed by atoms with E-state index in [-0.39, 0.29) is 16.9 Å². The van der Waals surface area contributed by atoms with Crippen LogP contribution in [0.4, 0.5) is 21.9 Å². The lowest BCUT2D eigenvalue weighted by Crippen LogP contribution is -2.46. The maximum Gasteiger partial charge on any atom is 0.408 e. The number of nitrogens with zero attached hydrogens (tertiary/aromatic N) is 1. The van der Waals surface area contributed by atoms with E-state index < -0.39 is 40.3 Å². The third-order valence-electron chi connectivity index (χ3n) is 6.83. The van der Waals surface area contributed by atoms with Gasteiger partial charge in [0.25, 0.3) is 5.69 Å². The summed E-state index contributed by atoms with van der Waals surface area (Å²) in [6.45, 7) is 5.16. The number of hydrogen-bond donors (Lipinski definition) is 3. The first-order valence-corrected chi connectivity index (χ1v) is 16.6.